The van der Waals surface area contributed by atoms with Crippen molar-refractivity contribution in [2.75, 3.05) is 6.54 Å². The summed E-state index contributed by atoms with van der Waals surface area (Å²) in [6.45, 7) is 3.43. The Balaban J connectivity index is 2.74. The van der Waals surface area contributed by atoms with Crippen LogP contribution in [0.4, 0.5) is 0 Å². The minimum absolute atomic E-state index is 0.0801. The van der Waals surface area contributed by atoms with Gasteiger partial charge >= 0.3 is 0 Å². The molecule has 3 N–H and O–H groups in total. The van der Waals surface area contributed by atoms with Gasteiger partial charge in [0.05, 0.1) is 6.20 Å². The quantitative estimate of drug-likeness (QED) is 0.689. The Hall–Kier alpha value is -0.920. The molecule has 0 amide bonds. The van der Waals surface area contributed by atoms with Crippen LogP contribution in [0.3, 0.4) is 0 Å². The summed E-state index contributed by atoms with van der Waals surface area (Å²) in [5, 5.41) is 12.3. The van der Waals surface area contributed by atoms with Gasteiger partial charge in [-0.1, -0.05) is 13.3 Å². The molecule has 0 saturated carbocycles. The third kappa shape index (κ3) is 3.29. The van der Waals surface area contributed by atoms with Crippen molar-refractivity contribution in [3.8, 4) is 0 Å². The van der Waals surface area contributed by atoms with E-state index in [1.807, 2.05) is 0 Å². The van der Waals surface area contributed by atoms with Crippen LogP contribution in [0.5, 0.6) is 0 Å². The first-order valence-corrected chi connectivity index (χ1v) is 6.75. The van der Waals surface area contributed by atoms with Crippen molar-refractivity contribution >= 4 is 10.0 Å². The Morgan fingerprint density at radius 2 is 2.25 bits per heavy atom. The summed E-state index contributed by atoms with van der Waals surface area (Å²) >= 11 is 0. The molecule has 0 unspecified atom stereocenters. The van der Waals surface area contributed by atoms with Gasteiger partial charge in [-0.25, -0.2) is 13.6 Å². The fraction of sp³-hybridized carbons (Fsp3) is 0.667. The lowest BCUT2D eigenvalue weighted by Crippen LogP contribution is -2.21. The molecule has 1 aromatic heterocycles. The topological polar surface area (TPSA) is 90.0 Å². The highest BCUT2D eigenvalue weighted by Gasteiger charge is 2.18. The standard InChI is InChI=1S/C9H18N4O2S/c1-3-4-5-11-6-8-7-12-13(2)9(8)16(10,14)15/h7,11H,3-6H2,1-2H3,(H2,10,14,15). The second kappa shape index (κ2) is 5.42. The Morgan fingerprint density at radius 1 is 1.56 bits per heavy atom. The predicted octanol–water partition coefficient (Wildman–Crippen LogP) is -0.0428. The van der Waals surface area contributed by atoms with E-state index in [0.717, 1.165) is 19.4 Å². The maximum Gasteiger partial charge on any atom is 0.255 e. The Labute approximate surface area is 95.9 Å². The van der Waals surface area contributed by atoms with Gasteiger partial charge in [0.25, 0.3) is 10.0 Å². The molecule has 6 nitrogen and oxygen atoms in total. The van der Waals surface area contributed by atoms with Crippen molar-refractivity contribution in [1.29, 1.82) is 0 Å². The van der Waals surface area contributed by atoms with Gasteiger partial charge in [-0.05, 0) is 13.0 Å². The van der Waals surface area contributed by atoms with E-state index in [4.69, 9.17) is 5.14 Å². The molecule has 92 valence electrons. The van der Waals surface area contributed by atoms with Gasteiger partial charge in [0.2, 0.25) is 0 Å². The van der Waals surface area contributed by atoms with E-state index < -0.39 is 10.0 Å². The maximum absolute atomic E-state index is 11.3. The van der Waals surface area contributed by atoms with Crippen LogP contribution in [-0.2, 0) is 23.6 Å². The molecule has 1 rings (SSSR count). The van der Waals surface area contributed by atoms with Crippen molar-refractivity contribution in [2.24, 2.45) is 12.2 Å². The van der Waals surface area contributed by atoms with Gasteiger partial charge < -0.3 is 5.32 Å². The summed E-state index contributed by atoms with van der Waals surface area (Å²) in [4.78, 5) is 0. The number of unbranched alkanes of at least 4 members (excludes halogenated alkanes) is 1. The number of nitrogens with zero attached hydrogens (tertiary/aromatic N) is 2. The number of nitrogens with one attached hydrogen (secondary N) is 1. The van der Waals surface area contributed by atoms with Gasteiger partial charge in [-0.15, -0.1) is 0 Å². The molecule has 16 heavy (non-hydrogen) atoms. The Kier molecular flexibility index (Phi) is 4.45. The summed E-state index contributed by atoms with van der Waals surface area (Å²) in [7, 11) is -2.14. The largest absolute Gasteiger partial charge is 0.313 e. The van der Waals surface area contributed by atoms with Gasteiger partial charge in [-0.2, -0.15) is 5.10 Å². The molecule has 0 fully saturated rings. The average Bonchev–Trinajstić information content (AvgIpc) is 2.54. The molecule has 0 atom stereocenters. The Morgan fingerprint density at radius 3 is 2.81 bits per heavy atom. The average molecular weight is 246 g/mol. The molecule has 0 bridgehead atoms. The molecule has 0 aliphatic heterocycles. The summed E-state index contributed by atoms with van der Waals surface area (Å²) in [6, 6.07) is 0. The fourth-order valence-electron chi connectivity index (χ4n) is 1.48. The van der Waals surface area contributed by atoms with Crippen LogP contribution < -0.4 is 10.5 Å². The highest BCUT2D eigenvalue weighted by atomic mass is 32.2. The van der Waals surface area contributed by atoms with Crippen molar-refractivity contribution in [2.45, 2.75) is 31.3 Å². The monoisotopic (exact) mass is 246 g/mol. The highest BCUT2D eigenvalue weighted by Crippen LogP contribution is 2.12. The van der Waals surface area contributed by atoms with Gasteiger partial charge in [0.1, 0.15) is 0 Å². The second-order valence-electron chi connectivity index (χ2n) is 3.67. The van der Waals surface area contributed by atoms with E-state index in [1.165, 1.54) is 10.9 Å². The van der Waals surface area contributed by atoms with Crippen LogP contribution in [-0.4, -0.2) is 24.7 Å². The molecule has 0 aliphatic rings. The maximum atomic E-state index is 11.3. The van der Waals surface area contributed by atoms with Crippen molar-refractivity contribution in [3.05, 3.63) is 11.8 Å². The van der Waals surface area contributed by atoms with Crippen LogP contribution in [0.1, 0.15) is 25.3 Å². The molecule has 0 aromatic carbocycles. The molecule has 0 aliphatic carbocycles. The van der Waals surface area contributed by atoms with E-state index in [0.29, 0.717) is 12.1 Å². The van der Waals surface area contributed by atoms with Gasteiger partial charge in [0, 0.05) is 19.2 Å². The van der Waals surface area contributed by atoms with Crippen molar-refractivity contribution < 1.29 is 8.42 Å². The van der Waals surface area contributed by atoms with Crippen molar-refractivity contribution in [1.82, 2.24) is 15.1 Å². The van der Waals surface area contributed by atoms with Crippen LogP contribution >= 0.6 is 0 Å². The van der Waals surface area contributed by atoms with Gasteiger partial charge in [0.15, 0.2) is 5.03 Å². The zero-order valence-electron chi connectivity index (χ0n) is 9.60. The van der Waals surface area contributed by atoms with Crippen LogP contribution in [0.2, 0.25) is 0 Å². The predicted molar refractivity (Wildman–Crippen MR) is 61.2 cm³/mol. The molecule has 1 aromatic rings. The van der Waals surface area contributed by atoms with Crippen LogP contribution in [0.25, 0.3) is 0 Å². The Bertz CT molecular complexity index is 438. The zero-order valence-corrected chi connectivity index (χ0v) is 10.4. The van der Waals surface area contributed by atoms with Gasteiger partial charge in [-0.3, -0.25) is 4.68 Å². The fourth-order valence-corrected chi connectivity index (χ4v) is 2.39. The summed E-state index contributed by atoms with van der Waals surface area (Å²) in [6.07, 6.45) is 3.69. The molecule has 0 spiro atoms. The molecule has 7 heteroatoms. The number of primary sulfonamides is 1. The van der Waals surface area contributed by atoms with E-state index in [2.05, 4.69) is 17.3 Å². The molecular formula is C9H18N4O2S. The first kappa shape index (κ1) is 13.1. The number of aryl methyl sites for hydroxylation is 1. The van der Waals surface area contributed by atoms with Crippen LogP contribution in [0, 0.1) is 0 Å². The summed E-state index contributed by atoms with van der Waals surface area (Å²) in [5.41, 5.74) is 0.612. The van der Waals surface area contributed by atoms with E-state index in [1.54, 1.807) is 7.05 Å². The number of rotatable bonds is 6. The smallest absolute Gasteiger partial charge is 0.255 e. The summed E-state index contributed by atoms with van der Waals surface area (Å²) < 4.78 is 23.9. The molecular weight excluding hydrogens is 228 g/mol. The highest BCUT2D eigenvalue weighted by molar-refractivity contribution is 7.89. The summed E-state index contributed by atoms with van der Waals surface area (Å²) in [5.74, 6) is 0. The molecule has 0 radical (unpaired) electrons. The number of hydrogen-bond donors (Lipinski definition) is 2. The third-order valence-electron chi connectivity index (χ3n) is 2.25. The SMILES string of the molecule is CCCCNCc1cnn(C)c1S(N)(=O)=O. The van der Waals surface area contributed by atoms with E-state index >= 15 is 0 Å². The molecule has 1 heterocycles. The minimum Gasteiger partial charge on any atom is -0.313 e. The van der Waals surface area contributed by atoms with E-state index in [-0.39, 0.29) is 5.03 Å². The lowest BCUT2D eigenvalue weighted by Gasteiger charge is -2.05. The zero-order chi connectivity index (χ0) is 12.2. The minimum atomic E-state index is -3.70. The first-order chi connectivity index (χ1) is 7.46. The third-order valence-corrected chi connectivity index (χ3v) is 3.31. The lowest BCUT2D eigenvalue weighted by molar-refractivity contribution is 0.571. The first-order valence-electron chi connectivity index (χ1n) is 5.21. The second-order valence-corrected chi connectivity index (χ2v) is 5.15. The number of hydrogen-bond acceptors (Lipinski definition) is 4. The lowest BCUT2D eigenvalue weighted by atomic mass is 10.3. The van der Waals surface area contributed by atoms with Crippen molar-refractivity contribution in [3.63, 3.8) is 0 Å². The number of aromatic nitrogens is 2. The molecule has 0 saturated heterocycles. The normalized spacial score (nSPS) is 11.9. The van der Waals surface area contributed by atoms with E-state index in [9.17, 15) is 8.42 Å². The number of nitrogens with two attached hydrogens (primary N) is 1. The number of sulfonamides is 1. The van der Waals surface area contributed by atoms with Crippen LogP contribution in [0.15, 0.2) is 11.2 Å².